The molecule has 148 valence electrons. The standard InChI is InChI=1S/C10H26N3OP.C4H10O4S/c1-8-9(11(2)3)10(14-15,12(4)5)13(6)7;1-2-3-4-8-9(5,6)7/h9H,8,15H2,1-7H3;2-4H2,1H3,(H,5,6,7). The van der Waals surface area contributed by atoms with E-state index in [2.05, 4.69) is 49.4 Å². The molecule has 0 rings (SSSR count). The minimum atomic E-state index is -4.20. The minimum absolute atomic E-state index is 0.0648. The summed E-state index contributed by atoms with van der Waals surface area (Å²) < 4.78 is 37.4. The minimum Gasteiger partial charge on any atom is -0.329 e. The molecule has 10 heteroatoms. The Bertz CT molecular complexity index is 411. The first-order valence-corrected chi connectivity index (χ1v) is 9.75. The predicted molar refractivity (Wildman–Crippen MR) is 101 cm³/mol. The molecule has 1 N–H and O–H groups in total. The molecule has 2 unspecified atom stereocenters. The molecule has 0 aliphatic heterocycles. The van der Waals surface area contributed by atoms with Crippen molar-refractivity contribution in [3.63, 3.8) is 0 Å². The highest BCUT2D eigenvalue weighted by molar-refractivity contribution is 7.80. The van der Waals surface area contributed by atoms with E-state index >= 15 is 0 Å². The molecular weight excluding hydrogens is 353 g/mol. The van der Waals surface area contributed by atoms with Crippen molar-refractivity contribution in [3.05, 3.63) is 0 Å². The van der Waals surface area contributed by atoms with E-state index in [1.165, 1.54) is 0 Å². The van der Waals surface area contributed by atoms with Gasteiger partial charge in [0, 0.05) is 9.47 Å². The Kier molecular flexibility index (Phi) is 13.7. The van der Waals surface area contributed by atoms with Crippen molar-refractivity contribution in [2.24, 2.45) is 0 Å². The van der Waals surface area contributed by atoms with Crippen molar-refractivity contribution >= 4 is 19.9 Å². The molecule has 8 nitrogen and oxygen atoms in total. The van der Waals surface area contributed by atoms with Gasteiger partial charge in [-0.2, -0.15) is 8.42 Å². The van der Waals surface area contributed by atoms with E-state index in [9.17, 15) is 8.42 Å². The molecule has 0 saturated heterocycles. The fourth-order valence-corrected chi connectivity index (χ4v) is 3.47. The highest BCUT2D eigenvalue weighted by atomic mass is 32.3. The van der Waals surface area contributed by atoms with E-state index in [1.54, 1.807) is 0 Å². The molecular formula is C14H36N3O5PS. The van der Waals surface area contributed by atoms with Gasteiger partial charge in [0.2, 0.25) is 0 Å². The van der Waals surface area contributed by atoms with Gasteiger partial charge in [-0.15, -0.1) is 0 Å². The Morgan fingerprint density at radius 1 is 1.08 bits per heavy atom. The van der Waals surface area contributed by atoms with Gasteiger partial charge < -0.3 is 9.42 Å². The second-order valence-corrected chi connectivity index (χ2v) is 7.38. The zero-order valence-corrected chi connectivity index (χ0v) is 18.3. The second kappa shape index (κ2) is 12.5. The van der Waals surface area contributed by atoms with Crippen molar-refractivity contribution in [1.82, 2.24) is 14.7 Å². The lowest BCUT2D eigenvalue weighted by Gasteiger charge is -2.50. The normalized spacial score (nSPS) is 14.0. The number of unbranched alkanes of at least 4 members (excludes halogenated alkanes) is 1. The van der Waals surface area contributed by atoms with Crippen LogP contribution in [0, 0.1) is 0 Å². The van der Waals surface area contributed by atoms with E-state index in [4.69, 9.17) is 9.08 Å². The molecule has 2 atom stereocenters. The molecule has 0 spiro atoms. The third kappa shape index (κ3) is 9.01. The number of hydrogen-bond acceptors (Lipinski definition) is 7. The molecule has 24 heavy (non-hydrogen) atoms. The summed E-state index contributed by atoms with van der Waals surface area (Å²) in [6.45, 7) is 4.14. The fourth-order valence-electron chi connectivity index (χ4n) is 2.56. The molecule has 0 aromatic heterocycles. The second-order valence-electron chi connectivity index (χ2n) is 6.06. The van der Waals surface area contributed by atoms with Gasteiger partial charge >= 0.3 is 10.4 Å². The van der Waals surface area contributed by atoms with Crippen LogP contribution in [0.15, 0.2) is 0 Å². The van der Waals surface area contributed by atoms with Crippen LogP contribution in [-0.4, -0.2) is 88.5 Å². The first-order valence-electron chi connectivity index (χ1n) is 7.91. The average molecular weight is 389 g/mol. The Balaban J connectivity index is 0. The molecule has 0 aromatic carbocycles. The van der Waals surface area contributed by atoms with Crippen molar-refractivity contribution in [1.29, 1.82) is 0 Å². The van der Waals surface area contributed by atoms with Gasteiger partial charge in [0.25, 0.3) is 0 Å². The van der Waals surface area contributed by atoms with Crippen LogP contribution in [0.25, 0.3) is 0 Å². The third-order valence-electron chi connectivity index (χ3n) is 3.63. The number of hydrogen-bond donors (Lipinski definition) is 1. The van der Waals surface area contributed by atoms with Crippen molar-refractivity contribution in [3.8, 4) is 0 Å². The lowest BCUT2D eigenvalue weighted by atomic mass is 10.1. The van der Waals surface area contributed by atoms with Gasteiger partial charge in [0.15, 0.2) is 5.85 Å². The molecule has 0 radical (unpaired) electrons. The Labute approximate surface area is 150 Å². The quantitative estimate of drug-likeness (QED) is 0.261. The Morgan fingerprint density at radius 2 is 1.54 bits per heavy atom. The maximum absolute atomic E-state index is 9.84. The first-order chi connectivity index (χ1) is 10.9. The van der Waals surface area contributed by atoms with Gasteiger partial charge in [-0.25, -0.2) is 4.18 Å². The number of likely N-dealkylation sites (N-methyl/N-ethyl adjacent to an activating group) is 3. The molecule has 0 fully saturated rings. The fraction of sp³-hybridized carbons (Fsp3) is 1.00. The highest BCUT2D eigenvalue weighted by Gasteiger charge is 2.44. The predicted octanol–water partition coefficient (Wildman–Crippen LogP) is 1.52. The van der Waals surface area contributed by atoms with Crippen LogP contribution in [-0.2, 0) is 19.1 Å². The summed E-state index contributed by atoms with van der Waals surface area (Å²) in [7, 11) is 10.5. The van der Waals surface area contributed by atoms with Crippen LogP contribution in [0.2, 0.25) is 0 Å². The van der Waals surface area contributed by atoms with Crippen molar-refractivity contribution in [2.75, 3.05) is 48.9 Å². The third-order valence-corrected chi connectivity index (χ3v) is 4.44. The van der Waals surface area contributed by atoms with E-state index in [0.29, 0.717) is 12.5 Å². The van der Waals surface area contributed by atoms with Crippen LogP contribution in [0.1, 0.15) is 33.1 Å². The lowest BCUT2D eigenvalue weighted by molar-refractivity contribution is -0.192. The Hall–Kier alpha value is 0.140. The van der Waals surface area contributed by atoms with Crippen LogP contribution >= 0.6 is 9.47 Å². The summed E-state index contributed by atoms with van der Waals surface area (Å²) in [5.74, 6) is -0.414. The smallest absolute Gasteiger partial charge is 0.329 e. The SMILES string of the molecule is CCC(N(C)C)C(OP)(N(C)C)N(C)C.CCCCOS(=O)(=O)O. The molecule has 0 aliphatic rings. The molecule has 0 amide bonds. The Morgan fingerprint density at radius 3 is 1.71 bits per heavy atom. The average Bonchev–Trinajstić information content (AvgIpc) is 2.43. The molecule has 0 heterocycles. The van der Waals surface area contributed by atoms with Gasteiger partial charge in [-0.3, -0.25) is 14.4 Å². The topological polar surface area (TPSA) is 82.5 Å². The summed E-state index contributed by atoms with van der Waals surface area (Å²) in [5, 5.41) is 0. The molecule has 0 aromatic rings. The van der Waals surface area contributed by atoms with E-state index < -0.39 is 16.2 Å². The zero-order valence-electron chi connectivity index (χ0n) is 16.3. The summed E-state index contributed by atoms with van der Waals surface area (Å²) in [4.78, 5) is 6.41. The lowest BCUT2D eigenvalue weighted by Crippen LogP contribution is -2.66. The monoisotopic (exact) mass is 389 g/mol. The van der Waals surface area contributed by atoms with E-state index in [1.807, 2.05) is 35.1 Å². The summed E-state index contributed by atoms with van der Waals surface area (Å²) in [6, 6.07) is 0.306. The zero-order chi connectivity index (χ0) is 19.6. The maximum Gasteiger partial charge on any atom is 0.397 e. The van der Waals surface area contributed by atoms with Crippen molar-refractivity contribution < 1.29 is 21.7 Å². The van der Waals surface area contributed by atoms with Gasteiger partial charge in [0.05, 0.1) is 12.6 Å². The van der Waals surface area contributed by atoms with Gasteiger partial charge in [-0.1, -0.05) is 20.3 Å². The van der Waals surface area contributed by atoms with Crippen LogP contribution < -0.4 is 0 Å². The van der Waals surface area contributed by atoms with Crippen LogP contribution in [0.5, 0.6) is 0 Å². The molecule has 0 saturated carbocycles. The van der Waals surface area contributed by atoms with E-state index in [0.717, 1.165) is 12.8 Å². The number of rotatable bonds is 10. The van der Waals surface area contributed by atoms with Crippen molar-refractivity contribution in [2.45, 2.75) is 45.0 Å². The largest absolute Gasteiger partial charge is 0.397 e. The summed E-state index contributed by atoms with van der Waals surface area (Å²) in [5.41, 5.74) is 0. The van der Waals surface area contributed by atoms with Crippen LogP contribution in [0.3, 0.4) is 0 Å². The number of nitrogens with zero attached hydrogens (tertiary/aromatic N) is 3. The summed E-state index contributed by atoms with van der Waals surface area (Å²) in [6.07, 6.45) is 2.51. The highest BCUT2D eigenvalue weighted by Crippen LogP contribution is 2.29. The maximum atomic E-state index is 9.84. The van der Waals surface area contributed by atoms with E-state index in [-0.39, 0.29) is 6.61 Å². The summed E-state index contributed by atoms with van der Waals surface area (Å²) >= 11 is 0. The first kappa shape index (κ1) is 26.4. The van der Waals surface area contributed by atoms with Crippen LogP contribution in [0.4, 0.5) is 0 Å². The van der Waals surface area contributed by atoms with Gasteiger partial charge in [-0.05, 0) is 55.1 Å². The molecule has 0 bridgehead atoms. The van der Waals surface area contributed by atoms with Gasteiger partial charge in [0.1, 0.15) is 0 Å². The molecule has 0 aliphatic carbocycles.